The van der Waals surface area contributed by atoms with Crippen molar-refractivity contribution in [3.05, 3.63) is 34.9 Å². The molecule has 0 spiro atoms. The third-order valence-corrected chi connectivity index (χ3v) is 3.29. The largest absolute Gasteiger partial charge is 0.385 e. The van der Waals surface area contributed by atoms with Crippen LogP contribution < -0.4 is 5.32 Å². The van der Waals surface area contributed by atoms with Crippen LogP contribution in [0.5, 0.6) is 0 Å². The lowest BCUT2D eigenvalue weighted by Crippen LogP contribution is -2.19. The van der Waals surface area contributed by atoms with E-state index in [1.165, 1.54) is 5.56 Å². The molecule has 1 aromatic carbocycles. The van der Waals surface area contributed by atoms with Gasteiger partial charge in [-0.15, -0.1) is 0 Å². The Kier molecular flexibility index (Phi) is 8.84. The second-order valence-electron chi connectivity index (χ2n) is 4.55. The molecular formula is C15H24ClNO2. The van der Waals surface area contributed by atoms with Gasteiger partial charge in [-0.3, -0.25) is 0 Å². The Labute approximate surface area is 121 Å². The van der Waals surface area contributed by atoms with Crippen LogP contribution in [0.3, 0.4) is 0 Å². The maximum Gasteiger partial charge on any atom is 0.0487 e. The van der Waals surface area contributed by atoms with Gasteiger partial charge in [0.2, 0.25) is 0 Å². The van der Waals surface area contributed by atoms with Crippen LogP contribution in [0.2, 0.25) is 5.02 Å². The molecule has 0 aliphatic carbocycles. The van der Waals surface area contributed by atoms with Gasteiger partial charge in [-0.05, 0) is 43.5 Å². The molecule has 19 heavy (non-hydrogen) atoms. The van der Waals surface area contributed by atoms with Gasteiger partial charge in [-0.25, -0.2) is 0 Å². The average Bonchev–Trinajstić information content (AvgIpc) is 2.42. The Hall–Kier alpha value is -0.610. The first-order valence-electron chi connectivity index (χ1n) is 6.74. The maximum atomic E-state index is 5.92. The van der Waals surface area contributed by atoms with Gasteiger partial charge in [0.25, 0.3) is 0 Å². The highest BCUT2D eigenvalue weighted by atomic mass is 35.5. The van der Waals surface area contributed by atoms with Crippen LogP contribution in [-0.2, 0) is 9.47 Å². The topological polar surface area (TPSA) is 30.5 Å². The van der Waals surface area contributed by atoms with Crippen LogP contribution in [0.1, 0.15) is 24.3 Å². The van der Waals surface area contributed by atoms with E-state index in [2.05, 4.69) is 17.4 Å². The summed E-state index contributed by atoms with van der Waals surface area (Å²) in [6, 6.07) is 8.07. The minimum Gasteiger partial charge on any atom is -0.385 e. The second kappa shape index (κ2) is 10.2. The van der Waals surface area contributed by atoms with E-state index < -0.39 is 0 Å². The van der Waals surface area contributed by atoms with E-state index in [1.54, 1.807) is 7.11 Å². The van der Waals surface area contributed by atoms with Crippen molar-refractivity contribution in [1.82, 2.24) is 5.32 Å². The molecule has 1 unspecified atom stereocenters. The molecule has 0 aliphatic rings. The Morgan fingerprint density at radius 2 is 1.89 bits per heavy atom. The van der Waals surface area contributed by atoms with E-state index in [-0.39, 0.29) is 0 Å². The molecule has 0 aliphatic heterocycles. The van der Waals surface area contributed by atoms with Crippen LogP contribution in [0.15, 0.2) is 24.3 Å². The smallest absolute Gasteiger partial charge is 0.0487 e. The predicted molar refractivity (Wildman–Crippen MR) is 80.0 cm³/mol. The molecule has 1 atom stereocenters. The van der Waals surface area contributed by atoms with Gasteiger partial charge in [0, 0.05) is 38.5 Å². The Morgan fingerprint density at radius 3 is 2.53 bits per heavy atom. The van der Waals surface area contributed by atoms with Crippen molar-refractivity contribution in [2.24, 2.45) is 0 Å². The summed E-state index contributed by atoms with van der Waals surface area (Å²) in [5.74, 6) is 0.463. The van der Waals surface area contributed by atoms with E-state index in [0.717, 1.165) is 44.2 Å². The number of hydrogen-bond donors (Lipinski definition) is 1. The first-order valence-corrected chi connectivity index (χ1v) is 7.12. The first-order chi connectivity index (χ1) is 9.27. The Morgan fingerprint density at radius 1 is 1.16 bits per heavy atom. The number of ether oxygens (including phenoxy) is 2. The third-order valence-electron chi connectivity index (χ3n) is 3.04. The van der Waals surface area contributed by atoms with Gasteiger partial charge in [0.1, 0.15) is 0 Å². The average molecular weight is 286 g/mol. The highest BCUT2D eigenvalue weighted by Crippen LogP contribution is 2.21. The molecule has 0 radical (unpaired) electrons. The van der Waals surface area contributed by atoms with Gasteiger partial charge < -0.3 is 14.8 Å². The lowest BCUT2D eigenvalue weighted by molar-refractivity contribution is 0.0981. The fourth-order valence-corrected chi connectivity index (χ4v) is 2.13. The summed E-state index contributed by atoms with van der Waals surface area (Å²) in [6.45, 7) is 3.25. The zero-order chi connectivity index (χ0) is 13.9. The Bertz CT molecular complexity index is 329. The molecule has 0 bridgehead atoms. The molecule has 3 nitrogen and oxygen atoms in total. The van der Waals surface area contributed by atoms with Crippen LogP contribution in [0, 0.1) is 0 Å². The summed E-state index contributed by atoms with van der Waals surface area (Å²) < 4.78 is 10.6. The number of benzene rings is 1. The minimum atomic E-state index is 0.463. The Balaban J connectivity index is 2.34. The molecule has 1 N–H and O–H groups in total. The molecule has 0 amide bonds. The quantitative estimate of drug-likeness (QED) is 0.670. The van der Waals surface area contributed by atoms with Crippen molar-refractivity contribution < 1.29 is 9.47 Å². The van der Waals surface area contributed by atoms with Gasteiger partial charge in [0.15, 0.2) is 0 Å². The SMILES string of the molecule is CNCC(CCOCCCOC)c1ccc(Cl)cc1. The number of methoxy groups -OCH3 is 1. The fraction of sp³-hybridized carbons (Fsp3) is 0.600. The third kappa shape index (κ3) is 6.92. The van der Waals surface area contributed by atoms with Gasteiger partial charge in [-0.2, -0.15) is 0 Å². The summed E-state index contributed by atoms with van der Waals surface area (Å²) in [7, 11) is 3.69. The summed E-state index contributed by atoms with van der Waals surface area (Å²) in [5.41, 5.74) is 1.30. The maximum absolute atomic E-state index is 5.92. The lowest BCUT2D eigenvalue weighted by atomic mass is 9.96. The number of halogens is 1. The lowest BCUT2D eigenvalue weighted by Gasteiger charge is -2.17. The van der Waals surface area contributed by atoms with Crippen molar-refractivity contribution in [3.63, 3.8) is 0 Å². The highest BCUT2D eigenvalue weighted by molar-refractivity contribution is 6.30. The van der Waals surface area contributed by atoms with Crippen molar-refractivity contribution >= 4 is 11.6 Å². The fourth-order valence-electron chi connectivity index (χ4n) is 2.00. The number of likely N-dealkylation sites (N-methyl/N-ethyl adjacent to an activating group) is 1. The number of hydrogen-bond acceptors (Lipinski definition) is 3. The molecule has 0 fully saturated rings. The molecule has 0 saturated heterocycles. The normalized spacial score (nSPS) is 12.6. The van der Waals surface area contributed by atoms with Crippen LogP contribution in [0.4, 0.5) is 0 Å². The van der Waals surface area contributed by atoms with E-state index >= 15 is 0 Å². The zero-order valence-electron chi connectivity index (χ0n) is 11.8. The summed E-state index contributed by atoms with van der Waals surface area (Å²) >= 11 is 5.92. The van der Waals surface area contributed by atoms with Gasteiger partial charge >= 0.3 is 0 Å². The molecule has 1 aromatic rings. The first kappa shape index (κ1) is 16.4. The second-order valence-corrected chi connectivity index (χ2v) is 4.99. The highest BCUT2D eigenvalue weighted by Gasteiger charge is 2.10. The summed E-state index contributed by atoms with van der Waals surface area (Å²) in [5, 5.41) is 4.01. The standard InChI is InChI=1S/C15H24ClNO2/c1-17-12-14(8-11-19-10-3-9-18-2)13-4-6-15(16)7-5-13/h4-7,14,17H,3,8-12H2,1-2H3. The van der Waals surface area contributed by atoms with Crippen LogP contribution >= 0.6 is 11.6 Å². The minimum absolute atomic E-state index is 0.463. The molecule has 0 heterocycles. The van der Waals surface area contributed by atoms with E-state index in [9.17, 15) is 0 Å². The van der Waals surface area contributed by atoms with Crippen molar-refractivity contribution in [2.45, 2.75) is 18.8 Å². The molecule has 0 aromatic heterocycles. The molecule has 1 rings (SSSR count). The molecular weight excluding hydrogens is 262 g/mol. The zero-order valence-corrected chi connectivity index (χ0v) is 12.6. The summed E-state index contributed by atoms with van der Waals surface area (Å²) in [6.07, 6.45) is 1.96. The van der Waals surface area contributed by atoms with Crippen LogP contribution in [-0.4, -0.2) is 40.5 Å². The van der Waals surface area contributed by atoms with E-state index in [1.807, 2.05) is 19.2 Å². The monoisotopic (exact) mass is 285 g/mol. The summed E-state index contributed by atoms with van der Waals surface area (Å²) in [4.78, 5) is 0. The van der Waals surface area contributed by atoms with Crippen molar-refractivity contribution in [2.75, 3.05) is 40.5 Å². The molecule has 0 saturated carbocycles. The molecule has 108 valence electrons. The van der Waals surface area contributed by atoms with Gasteiger partial charge in [-0.1, -0.05) is 23.7 Å². The number of nitrogens with one attached hydrogen (secondary N) is 1. The van der Waals surface area contributed by atoms with E-state index in [4.69, 9.17) is 21.1 Å². The molecule has 4 heteroatoms. The van der Waals surface area contributed by atoms with Crippen molar-refractivity contribution in [1.29, 1.82) is 0 Å². The van der Waals surface area contributed by atoms with Gasteiger partial charge in [0.05, 0.1) is 0 Å². The predicted octanol–water partition coefficient (Wildman–Crippen LogP) is 3.09. The van der Waals surface area contributed by atoms with Crippen LogP contribution in [0.25, 0.3) is 0 Å². The number of rotatable bonds is 10. The van der Waals surface area contributed by atoms with Crippen molar-refractivity contribution in [3.8, 4) is 0 Å². The van der Waals surface area contributed by atoms with E-state index in [0.29, 0.717) is 5.92 Å².